The van der Waals surface area contributed by atoms with Crippen LogP contribution in [0.3, 0.4) is 0 Å². The van der Waals surface area contributed by atoms with Crippen molar-refractivity contribution in [2.75, 3.05) is 6.61 Å². The van der Waals surface area contributed by atoms with Gasteiger partial charge in [0.2, 0.25) is 0 Å². The summed E-state index contributed by atoms with van der Waals surface area (Å²) in [5.41, 5.74) is 2.72. The van der Waals surface area contributed by atoms with E-state index in [2.05, 4.69) is 6.58 Å². The number of hydrogen-bond donors (Lipinski definition) is 1. The highest BCUT2D eigenvalue weighted by molar-refractivity contribution is 5.75. The average molecular weight is 404 g/mol. The third-order valence-electron chi connectivity index (χ3n) is 5.32. The van der Waals surface area contributed by atoms with E-state index in [-0.39, 0.29) is 18.1 Å². The van der Waals surface area contributed by atoms with E-state index in [4.69, 9.17) is 14.6 Å². The molecular weight excluding hydrogens is 378 g/mol. The Bertz CT molecular complexity index is 900. The van der Waals surface area contributed by atoms with Crippen molar-refractivity contribution in [3.8, 4) is 5.75 Å². The predicted molar refractivity (Wildman–Crippen MR) is 106 cm³/mol. The summed E-state index contributed by atoms with van der Waals surface area (Å²) in [6.07, 6.45) is 2.69. The highest BCUT2D eigenvalue weighted by Gasteiger charge is 2.44. The Labute approximate surface area is 169 Å². The molecule has 2 aliphatic rings. The first-order chi connectivity index (χ1) is 13.5. The van der Waals surface area contributed by atoms with Crippen LogP contribution in [0.1, 0.15) is 52.0 Å². The van der Waals surface area contributed by atoms with Crippen molar-refractivity contribution in [1.82, 2.24) is 0 Å². The summed E-state index contributed by atoms with van der Waals surface area (Å²) < 4.78 is 40.5. The molecule has 6 heteroatoms. The van der Waals surface area contributed by atoms with Crippen molar-refractivity contribution in [3.63, 3.8) is 0 Å². The van der Waals surface area contributed by atoms with Crippen molar-refractivity contribution in [1.29, 1.82) is 0 Å². The van der Waals surface area contributed by atoms with Crippen LogP contribution in [0.4, 0.5) is 8.78 Å². The van der Waals surface area contributed by atoms with Gasteiger partial charge in [-0.05, 0) is 63.3 Å². The molecule has 1 aliphatic carbocycles. The van der Waals surface area contributed by atoms with Crippen LogP contribution in [0, 0.1) is 17.6 Å². The summed E-state index contributed by atoms with van der Waals surface area (Å²) in [4.78, 5) is 11.0. The Kier molecular flexibility index (Phi) is 5.57. The average Bonchev–Trinajstić information content (AvgIpc) is 3.35. The zero-order chi connectivity index (χ0) is 21.5. The van der Waals surface area contributed by atoms with Gasteiger partial charge in [-0.3, -0.25) is 4.79 Å². The molecule has 29 heavy (non-hydrogen) atoms. The van der Waals surface area contributed by atoms with Crippen LogP contribution < -0.4 is 4.74 Å². The van der Waals surface area contributed by atoms with Crippen molar-refractivity contribution in [3.05, 3.63) is 64.5 Å². The molecule has 4 nitrogen and oxygen atoms in total. The van der Waals surface area contributed by atoms with Gasteiger partial charge in [0.15, 0.2) is 17.4 Å². The van der Waals surface area contributed by atoms with E-state index in [9.17, 15) is 13.6 Å². The number of aliphatic carboxylic acids is 1. The molecule has 1 heterocycles. The number of carboxylic acid groups (broad SMARTS) is 1. The quantitative estimate of drug-likeness (QED) is 0.680. The lowest BCUT2D eigenvalue weighted by Gasteiger charge is -2.18. The van der Waals surface area contributed by atoms with E-state index in [0.29, 0.717) is 23.3 Å². The number of carboxylic acids is 1. The monoisotopic (exact) mass is 404 g/mol. The van der Waals surface area contributed by atoms with Gasteiger partial charge in [0.25, 0.3) is 0 Å². The van der Waals surface area contributed by atoms with Crippen LogP contribution in [0.5, 0.6) is 5.75 Å². The van der Waals surface area contributed by atoms with Crippen LogP contribution >= 0.6 is 0 Å². The van der Waals surface area contributed by atoms with E-state index >= 15 is 0 Å². The van der Waals surface area contributed by atoms with Gasteiger partial charge in [0, 0.05) is 12.0 Å². The minimum Gasteiger partial charge on any atom is -0.487 e. The van der Waals surface area contributed by atoms with Gasteiger partial charge in [-0.15, -0.1) is 0 Å². The fourth-order valence-corrected chi connectivity index (χ4v) is 3.68. The molecule has 2 atom stereocenters. The SMILES string of the molecule is C=C/C(COc1c(F)cc(C2CC2C(=O)O)cc1F)=C1/OC(C)(C)CC1=C(C)C. The van der Waals surface area contributed by atoms with Crippen molar-refractivity contribution in [2.24, 2.45) is 5.92 Å². The highest BCUT2D eigenvalue weighted by Crippen LogP contribution is 2.48. The normalized spacial score (nSPS) is 24.0. The van der Waals surface area contributed by atoms with E-state index in [0.717, 1.165) is 29.7 Å². The summed E-state index contributed by atoms with van der Waals surface area (Å²) in [7, 11) is 0. The predicted octanol–water partition coefficient (Wildman–Crippen LogP) is 5.51. The number of hydrogen-bond acceptors (Lipinski definition) is 3. The van der Waals surface area contributed by atoms with Gasteiger partial charge < -0.3 is 14.6 Å². The van der Waals surface area contributed by atoms with E-state index < -0.39 is 29.3 Å². The molecule has 3 rings (SSSR count). The van der Waals surface area contributed by atoms with Crippen molar-refractivity contribution in [2.45, 2.75) is 52.1 Å². The zero-order valence-corrected chi connectivity index (χ0v) is 17.1. The summed E-state index contributed by atoms with van der Waals surface area (Å²) in [6.45, 7) is 11.6. The third-order valence-corrected chi connectivity index (χ3v) is 5.32. The minimum absolute atomic E-state index is 0.0972. The second-order valence-electron chi connectivity index (χ2n) is 8.46. The van der Waals surface area contributed by atoms with Crippen LogP contribution in [-0.4, -0.2) is 23.3 Å². The molecule has 0 radical (unpaired) electrons. The molecular formula is C23H26F2O4. The number of carbonyl (C=O) groups is 1. The number of ether oxygens (including phenoxy) is 2. The Morgan fingerprint density at radius 2 is 1.97 bits per heavy atom. The van der Waals surface area contributed by atoms with Gasteiger partial charge in [-0.2, -0.15) is 0 Å². The van der Waals surface area contributed by atoms with Gasteiger partial charge in [-0.1, -0.05) is 18.2 Å². The topological polar surface area (TPSA) is 55.8 Å². The highest BCUT2D eigenvalue weighted by atomic mass is 19.1. The molecule has 2 unspecified atom stereocenters. The summed E-state index contributed by atoms with van der Waals surface area (Å²) >= 11 is 0. The third kappa shape index (κ3) is 4.36. The maximum absolute atomic E-state index is 14.5. The van der Waals surface area contributed by atoms with Crippen molar-refractivity contribution < 1.29 is 28.2 Å². The van der Waals surface area contributed by atoms with Gasteiger partial charge >= 0.3 is 5.97 Å². The number of benzene rings is 1. The van der Waals surface area contributed by atoms with Gasteiger partial charge in [0.05, 0.1) is 5.92 Å². The number of halogens is 2. The van der Waals surface area contributed by atoms with Gasteiger partial charge in [0.1, 0.15) is 18.0 Å². The lowest BCUT2D eigenvalue weighted by molar-refractivity contribution is -0.138. The smallest absolute Gasteiger partial charge is 0.307 e. The molecule has 1 aromatic rings. The second-order valence-corrected chi connectivity index (χ2v) is 8.46. The number of rotatable bonds is 6. The summed E-state index contributed by atoms with van der Waals surface area (Å²) in [5, 5.41) is 9.01. The van der Waals surface area contributed by atoms with Gasteiger partial charge in [-0.25, -0.2) is 8.78 Å². The maximum Gasteiger partial charge on any atom is 0.307 e. The Morgan fingerprint density at radius 3 is 2.45 bits per heavy atom. The molecule has 1 N–H and O–H groups in total. The Balaban J connectivity index is 1.82. The first-order valence-electron chi connectivity index (χ1n) is 9.60. The van der Waals surface area contributed by atoms with Crippen LogP contribution in [0.25, 0.3) is 0 Å². The second kappa shape index (κ2) is 7.65. The van der Waals surface area contributed by atoms with Crippen LogP contribution in [-0.2, 0) is 9.53 Å². The molecule has 1 saturated heterocycles. The zero-order valence-electron chi connectivity index (χ0n) is 17.1. The van der Waals surface area contributed by atoms with E-state index in [1.165, 1.54) is 0 Å². The molecule has 156 valence electrons. The summed E-state index contributed by atoms with van der Waals surface area (Å²) in [5.74, 6) is -3.43. The number of allylic oxidation sites excluding steroid dienone is 2. The van der Waals surface area contributed by atoms with Crippen LogP contribution in [0.15, 0.2) is 47.3 Å². The standard InChI is InChI=1S/C23H26F2O4/c1-6-13(20-17(12(2)3)10-23(4,5)29-20)11-28-21-18(24)7-14(8-19(21)25)15-9-16(15)22(26)27/h6-8,15-16H,1,9-11H2,2-5H3,(H,26,27)/b20-13-. The summed E-state index contributed by atoms with van der Waals surface area (Å²) in [6, 6.07) is 2.31. The van der Waals surface area contributed by atoms with Crippen LogP contribution in [0.2, 0.25) is 0 Å². The van der Waals surface area contributed by atoms with Crippen molar-refractivity contribution >= 4 is 5.97 Å². The fraction of sp³-hybridized carbons (Fsp3) is 0.435. The molecule has 2 fully saturated rings. The minimum atomic E-state index is -0.951. The molecule has 1 aliphatic heterocycles. The molecule has 0 spiro atoms. The molecule has 0 amide bonds. The lowest BCUT2D eigenvalue weighted by atomic mass is 9.97. The Hall–Kier alpha value is -2.63. The largest absolute Gasteiger partial charge is 0.487 e. The first kappa shape index (κ1) is 21.1. The lowest BCUT2D eigenvalue weighted by Crippen LogP contribution is -2.16. The molecule has 1 saturated carbocycles. The molecule has 0 aromatic heterocycles. The first-order valence-corrected chi connectivity index (χ1v) is 9.60. The fourth-order valence-electron chi connectivity index (χ4n) is 3.68. The molecule has 0 bridgehead atoms. The molecule has 1 aromatic carbocycles. The Morgan fingerprint density at radius 1 is 1.34 bits per heavy atom. The van der Waals surface area contributed by atoms with E-state index in [1.807, 2.05) is 27.7 Å². The van der Waals surface area contributed by atoms with E-state index in [1.54, 1.807) is 6.08 Å². The maximum atomic E-state index is 14.5.